The van der Waals surface area contributed by atoms with Crippen LogP contribution in [-0.4, -0.2) is 13.1 Å². The third-order valence-corrected chi connectivity index (χ3v) is 4.35. The predicted octanol–water partition coefficient (Wildman–Crippen LogP) is 3.58. The maximum absolute atomic E-state index is 6.01. The zero-order valence-electron chi connectivity index (χ0n) is 11.0. The number of hydrogen-bond acceptors (Lipinski definition) is 3. The molecule has 1 aromatic heterocycles. The second-order valence-corrected chi connectivity index (χ2v) is 5.29. The van der Waals surface area contributed by atoms with Crippen molar-refractivity contribution in [3.63, 3.8) is 0 Å². The molecule has 0 fully saturated rings. The Labute approximate surface area is 113 Å². The summed E-state index contributed by atoms with van der Waals surface area (Å²) in [6, 6.07) is 12.9. The fraction of sp³-hybridized carbons (Fsp3) is 0.333. The Kier molecular flexibility index (Phi) is 4.39. The van der Waals surface area contributed by atoms with E-state index in [2.05, 4.69) is 54.5 Å². The van der Waals surface area contributed by atoms with Crippen molar-refractivity contribution in [2.75, 3.05) is 18.0 Å². The molecule has 3 heteroatoms. The number of likely N-dealkylation sites (N-methyl/N-ethyl adjacent to an activating group) is 1. The first kappa shape index (κ1) is 13.1. The Morgan fingerprint density at radius 3 is 2.44 bits per heavy atom. The van der Waals surface area contributed by atoms with Gasteiger partial charge in [-0.2, -0.15) is 0 Å². The summed E-state index contributed by atoms with van der Waals surface area (Å²) < 4.78 is 0. The zero-order valence-corrected chi connectivity index (χ0v) is 11.8. The van der Waals surface area contributed by atoms with Crippen molar-refractivity contribution in [3.8, 4) is 0 Å². The summed E-state index contributed by atoms with van der Waals surface area (Å²) in [6.07, 6.45) is 0. The summed E-state index contributed by atoms with van der Waals surface area (Å²) in [5.74, 6) is 0. The lowest BCUT2D eigenvalue weighted by Crippen LogP contribution is -2.33. The number of nitrogens with two attached hydrogens (primary N) is 1. The molecule has 0 amide bonds. The average Bonchev–Trinajstić information content (AvgIpc) is 2.83. The number of hydrogen-bond donors (Lipinski definition) is 1. The Bertz CT molecular complexity index is 478. The van der Waals surface area contributed by atoms with Crippen LogP contribution in [0, 0.1) is 6.92 Å². The third-order valence-electron chi connectivity index (χ3n) is 3.23. The van der Waals surface area contributed by atoms with E-state index in [1.54, 1.807) is 11.3 Å². The van der Waals surface area contributed by atoms with E-state index >= 15 is 0 Å². The normalized spacial score (nSPS) is 12.4. The topological polar surface area (TPSA) is 29.3 Å². The number of anilines is 1. The first-order valence-electron chi connectivity index (χ1n) is 6.33. The van der Waals surface area contributed by atoms with Gasteiger partial charge in [-0.25, -0.2) is 0 Å². The molecule has 1 unspecified atom stereocenters. The van der Waals surface area contributed by atoms with Crippen molar-refractivity contribution in [1.29, 1.82) is 0 Å². The highest BCUT2D eigenvalue weighted by Crippen LogP contribution is 2.31. The fourth-order valence-corrected chi connectivity index (χ4v) is 3.36. The van der Waals surface area contributed by atoms with Gasteiger partial charge in [0.25, 0.3) is 0 Å². The second kappa shape index (κ2) is 6.03. The first-order valence-corrected chi connectivity index (χ1v) is 7.21. The molecule has 1 atom stereocenters. The van der Waals surface area contributed by atoms with Crippen molar-refractivity contribution in [2.45, 2.75) is 19.9 Å². The van der Waals surface area contributed by atoms with E-state index in [0.717, 1.165) is 6.54 Å². The number of aryl methyl sites for hydroxylation is 1. The van der Waals surface area contributed by atoms with Gasteiger partial charge >= 0.3 is 0 Å². The minimum atomic E-state index is 0.275. The molecule has 1 aromatic carbocycles. The monoisotopic (exact) mass is 260 g/mol. The molecular formula is C15H20N2S. The van der Waals surface area contributed by atoms with Gasteiger partial charge in [-0.3, -0.25) is 0 Å². The highest BCUT2D eigenvalue weighted by atomic mass is 32.1. The molecule has 0 aliphatic carbocycles. The summed E-state index contributed by atoms with van der Waals surface area (Å²) in [6.45, 7) is 5.94. The molecular weight excluding hydrogens is 240 g/mol. The first-order chi connectivity index (χ1) is 8.77. The summed E-state index contributed by atoms with van der Waals surface area (Å²) in [4.78, 5) is 3.75. The summed E-state index contributed by atoms with van der Waals surface area (Å²) >= 11 is 1.80. The van der Waals surface area contributed by atoms with Gasteiger partial charge in [0.15, 0.2) is 0 Å². The Morgan fingerprint density at radius 2 is 1.94 bits per heavy atom. The molecule has 0 spiro atoms. The Balaban J connectivity index is 2.34. The van der Waals surface area contributed by atoms with Crippen LogP contribution in [-0.2, 0) is 0 Å². The van der Waals surface area contributed by atoms with Crippen molar-refractivity contribution in [2.24, 2.45) is 5.73 Å². The molecule has 2 nitrogen and oxygen atoms in total. The van der Waals surface area contributed by atoms with Crippen LogP contribution in [0.1, 0.15) is 23.4 Å². The zero-order chi connectivity index (χ0) is 13.0. The molecule has 0 aliphatic rings. The third kappa shape index (κ3) is 2.57. The van der Waals surface area contributed by atoms with Gasteiger partial charge in [0.1, 0.15) is 0 Å². The van der Waals surface area contributed by atoms with E-state index in [4.69, 9.17) is 5.73 Å². The highest BCUT2D eigenvalue weighted by Gasteiger charge is 2.20. The number of thiophene rings is 1. The van der Waals surface area contributed by atoms with Crippen molar-refractivity contribution in [1.82, 2.24) is 0 Å². The molecule has 2 rings (SSSR count). The van der Waals surface area contributed by atoms with Crippen LogP contribution in [0.4, 0.5) is 5.69 Å². The van der Waals surface area contributed by atoms with Gasteiger partial charge in [0, 0.05) is 23.7 Å². The van der Waals surface area contributed by atoms with Gasteiger partial charge in [-0.15, -0.1) is 11.3 Å². The van der Waals surface area contributed by atoms with Crippen molar-refractivity contribution < 1.29 is 0 Å². The summed E-state index contributed by atoms with van der Waals surface area (Å²) in [5, 5.41) is 2.14. The Morgan fingerprint density at radius 1 is 1.22 bits per heavy atom. The van der Waals surface area contributed by atoms with E-state index in [9.17, 15) is 0 Å². The fourth-order valence-electron chi connectivity index (χ4n) is 2.30. The van der Waals surface area contributed by atoms with Gasteiger partial charge in [0.05, 0.1) is 6.04 Å². The molecule has 0 radical (unpaired) electrons. The number of rotatable bonds is 5. The molecule has 0 saturated heterocycles. The van der Waals surface area contributed by atoms with Gasteiger partial charge in [-0.1, -0.05) is 18.2 Å². The van der Waals surface area contributed by atoms with E-state index in [1.165, 1.54) is 16.1 Å². The summed E-state index contributed by atoms with van der Waals surface area (Å²) in [7, 11) is 0. The van der Waals surface area contributed by atoms with E-state index in [0.29, 0.717) is 6.54 Å². The molecule has 96 valence electrons. The van der Waals surface area contributed by atoms with E-state index in [-0.39, 0.29) is 6.04 Å². The molecule has 0 aliphatic heterocycles. The number of benzene rings is 1. The molecule has 0 saturated carbocycles. The van der Waals surface area contributed by atoms with Crippen molar-refractivity contribution >= 4 is 17.0 Å². The van der Waals surface area contributed by atoms with Crippen LogP contribution in [0.2, 0.25) is 0 Å². The van der Waals surface area contributed by atoms with Crippen LogP contribution in [0.15, 0.2) is 41.8 Å². The smallest absolute Gasteiger partial charge is 0.0759 e. The van der Waals surface area contributed by atoms with Crippen molar-refractivity contribution in [3.05, 3.63) is 52.2 Å². The minimum Gasteiger partial charge on any atom is -0.363 e. The van der Waals surface area contributed by atoms with Crippen LogP contribution < -0.4 is 10.6 Å². The van der Waals surface area contributed by atoms with Gasteiger partial charge in [0.2, 0.25) is 0 Å². The van der Waals surface area contributed by atoms with E-state index < -0.39 is 0 Å². The van der Waals surface area contributed by atoms with Crippen LogP contribution >= 0.6 is 11.3 Å². The SMILES string of the molecule is CCN(c1ccccc1)C(CN)c1sccc1C. The highest BCUT2D eigenvalue weighted by molar-refractivity contribution is 7.10. The van der Waals surface area contributed by atoms with Crippen LogP contribution in [0.25, 0.3) is 0 Å². The lowest BCUT2D eigenvalue weighted by molar-refractivity contribution is 0.650. The largest absolute Gasteiger partial charge is 0.363 e. The predicted molar refractivity (Wildman–Crippen MR) is 80.3 cm³/mol. The van der Waals surface area contributed by atoms with Gasteiger partial charge in [-0.05, 0) is 43.0 Å². The average molecular weight is 260 g/mol. The quantitative estimate of drug-likeness (QED) is 0.890. The number of nitrogens with zero attached hydrogens (tertiary/aromatic N) is 1. The van der Waals surface area contributed by atoms with Crippen LogP contribution in [0.5, 0.6) is 0 Å². The molecule has 2 N–H and O–H groups in total. The lowest BCUT2D eigenvalue weighted by Gasteiger charge is -2.32. The molecule has 2 aromatic rings. The maximum Gasteiger partial charge on any atom is 0.0759 e. The lowest BCUT2D eigenvalue weighted by atomic mass is 10.1. The Hall–Kier alpha value is -1.32. The van der Waals surface area contributed by atoms with Crippen LogP contribution in [0.3, 0.4) is 0 Å². The maximum atomic E-state index is 6.01. The number of para-hydroxylation sites is 1. The van der Waals surface area contributed by atoms with Gasteiger partial charge < -0.3 is 10.6 Å². The second-order valence-electron chi connectivity index (χ2n) is 4.34. The summed E-state index contributed by atoms with van der Waals surface area (Å²) in [5.41, 5.74) is 8.59. The minimum absolute atomic E-state index is 0.275. The molecule has 0 bridgehead atoms. The molecule has 18 heavy (non-hydrogen) atoms. The standard InChI is InChI=1S/C15H20N2S/c1-3-17(13-7-5-4-6-8-13)14(11-16)15-12(2)9-10-18-15/h4-10,14H,3,11,16H2,1-2H3. The van der Waals surface area contributed by atoms with E-state index in [1.807, 2.05) is 6.07 Å². The molecule has 1 heterocycles.